The van der Waals surface area contributed by atoms with Crippen LogP contribution in [-0.2, 0) is 11.2 Å². The Morgan fingerprint density at radius 2 is 2.04 bits per heavy atom. The summed E-state index contributed by atoms with van der Waals surface area (Å²) in [6.07, 6.45) is 2.02. The Bertz CT molecular complexity index is 783. The first-order valence-electron chi connectivity index (χ1n) is 7.96. The second kappa shape index (κ2) is 5.58. The summed E-state index contributed by atoms with van der Waals surface area (Å²) < 4.78 is 0. The van der Waals surface area contributed by atoms with Gasteiger partial charge >= 0.3 is 5.91 Å². The molecule has 1 aromatic carbocycles. The number of benzene rings is 1. The van der Waals surface area contributed by atoms with Crippen LogP contribution in [0.15, 0.2) is 35.7 Å². The molecule has 2 aliphatic heterocycles. The summed E-state index contributed by atoms with van der Waals surface area (Å²) in [4.78, 5) is 29.9. The van der Waals surface area contributed by atoms with Crippen molar-refractivity contribution in [1.82, 2.24) is 4.90 Å². The molecule has 0 saturated carbocycles. The van der Waals surface area contributed by atoms with Gasteiger partial charge in [0.25, 0.3) is 5.78 Å². The van der Waals surface area contributed by atoms with Crippen LogP contribution in [0.4, 0.5) is 5.69 Å². The molecular weight excluding hydrogens is 308 g/mol. The summed E-state index contributed by atoms with van der Waals surface area (Å²) in [6, 6.07) is 9.80. The fourth-order valence-corrected chi connectivity index (χ4v) is 4.59. The number of anilines is 1. The Hall–Kier alpha value is -1.98. The first kappa shape index (κ1) is 14.6. The molecule has 4 nitrogen and oxygen atoms in total. The number of rotatable bonds is 3. The monoisotopic (exact) mass is 326 g/mol. The highest BCUT2D eigenvalue weighted by atomic mass is 32.1. The number of carbonyl (C=O) groups excluding carboxylic acids is 2. The molecule has 0 aliphatic carbocycles. The van der Waals surface area contributed by atoms with Gasteiger partial charge in [0.05, 0.1) is 17.9 Å². The summed E-state index contributed by atoms with van der Waals surface area (Å²) >= 11 is 1.82. The highest BCUT2D eigenvalue weighted by Crippen LogP contribution is 2.37. The summed E-state index contributed by atoms with van der Waals surface area (Å²) in [5.41, 5.74) is 2.65. The topological polar surface area (TPSA) is 40.6 Å². The van der Waals surface area contributed by atoms with E-state index in [1.54, 1.807) is 17.0 Å². The van der Waals surface area contributed by atoms with Crippen molar-refractivity contribution in [3.8, 4) is 0 Å². The van der Waals surface area contributed by atoms with E-state index >= 15 is 0 Å². The lowest BCUT2D eigenvalue weighted by molar-refractivity contribution is -0.114. The van der Waals surface area contributed by atoms with Gasteiger partial charge in [0.15, 0.2) is 0 Å². The Morgan fingerprint density at radius 3 is 2.87 bits per heavy atom. The van der Waals surface area contributed by atoms with Gasteiger partial charge in [0.1, 0.15) is 0 Å². The number of carbonyl (C=O) groups is 2. The van der Waals surface area contributed by atoms with Crippen molar-refractivity contribution in [3.63, 3.8) is 0 Å². The molecule has 0 fully saturated rings. The zero-order valence-corrected chi connectivity index (χ0v) is 13.8. The van der Waals surface area contributed by atoms with Crippen molar-refractivity contribution in [2.24, 2.45) is 0 Å². The third kappa shape index (κ3) is 2.23. The van der Waals surface area contributed by atoms with Gasteiger partial charge in [0, 0.05) is 17.5 Å². The van der Waals surface area contributed by atoms with Crippen molar-refractivity contribution in [2.75, 3.05) is 18.1 Å². The van der Waals surface area contributed by atoms with Crippen molar-refractivity contribution < 1.29 is 9.59 Å². The van der Waals surface area contributed by atoms with Crippen LogP contribution >= 0.6 is 11.3 Å². The molecule has 23 heavy (non-hydrogen) atoms. The van der Waals surface area contributed by atoms with Gasteiger partial charge in [-0.15, -0.1) is 11.3 Å². The summed E-state index contributed by atoms with van der Waals surface area (Å²) in [7, 11) is 0. The van der Waals surface area contributed by atoms with Gasteiger partial charge in [-0.05, 0) is 42.0 Å². The Morgan fingerprint density at radius 1 is 1.22 bits per heavy atom. The minimum absolute atomic E-state index is 0.320. The highest BCUT2D eigenvalue weighted by molar-refractivity contribution is 7.10. The lowest BCUT2D eigenvalue weighted by Crippen LogP contribution is -2.45. The van der Waals surface area contributed by atoms with Crippen LogP contribution in [0, 0.1) is 0 Å². The molecule has 0 N–H and O–H groups in total. The second-order valence-corrected chi connectivity index (χ2v) is 7.01. The molecule has 2 aliphatic rings. The van der Waals surface area contributed by atoms with E-state index < -0.39 is 5.91 Å². The molecule has 1 amide bonds. The quantitative estimate of drug-likeness (QED) is 0.813. The number of hydrogen-bond donors (Lipinski definition) is 0. The number of para-hydroxylation sites is 1. The molecular formula is C18H18N2O2S. The average Bonchev–Trinajstić information content (AvgIpc) is 3.14. The van der Waals surface area contributed by atoms with Gasteiger partial charge in [-0.25, -0.2) is 0 Å². The van der Waals surface area contributed by atoms with Gasteiger partial charge in [-0.1, -0.05) is 19.1 Å². The van der Waals surface area contributed by atoms with E-state index in [4.69, 9.17) is 0 Å². The van der Waals surface area contributed by atoms with Gasteiger partial charge in [-0.2, -0.15) is 0 Å². The molecule has 0 radical (unpaired) electrons. The number of fused-ring (bicyclic) bond motifs is 2. The van der Waals surface area contributed by atoms with Crippen LogP contribution in [0.3, 0.4) is 0 Å². The second-order valence-electron chi connectivity index (χ2n) is 6.01. The van der Waals surface area contributed by atoms with E-state index in [0.29, 0.717) is 18.3 Å². The Labute approximate surface area is 139 Å². The minimum Gasteiger partial charge on any atom is -0.291 e. The first-order valence-corrected chi connectivity index (χ1v) is 8.84. The van der Waals surface area contributed by atoms with E-state index in [1.165, 1.54) is 10.4 Å². The maximum Gasteiger partial charge on any atom is 0.300 e. The molecule has 2 aromatic rings. The number of ketones is 1. The number of Topliss-reactive ketones (excluding diaryl/α,β-unsaturated/α-hetero) is 1. The zero-order chi connectivity index (χ0) is 16.0. The third-order valence-corrected chi connectivity index (χ3v) is 5.79. The largest absolute Gasteiger partial charge is 0.300 e. The van der Waals surface area contributed by atoms with E-state index in [1.807, 2.05) is 23.5 Å². The number of hydrogen-bond acceptors (Lipinski definition) is 4. The van der Waals surface area contributed by atoms with Crippen molar-refractivity contribution in [3.05, 3.63) is 51.7 Å². The molecule has 1 atom stereocenters. The van der Waals surface area contributed by atoms with Gasteiger partial charge in [0.2, 0.25) is 0 Å². The third-order valence-electron chi connectivity index (χ3n) is 4.79. The Kier molecular flexibility index (Phi) is 3.54. The van der Waals surface area contributed by atoms with Crippen LogP contribution in [0.2, 0.25) is 0 Å². The predicted octanol–water partition coefficient (Wildman–Crippen LogP) is 3.24. The molecule has 0 unspecified atom stereocenters. The lowest BCUT2D eigenvalue weighted by atomic mass is 9.98. The van der Waals surface area contributed by atoms with E-state index in [2.05, 4.69) is 23.3 Å². The van der Waals surface area contributed by atoms with Gasteiger partial charge in [-0.3, -0.25) is 19.4 Å². The standard InChI is InChI=1S/C18H18N2O2S/c1-2-14-12-8-10-23-16(12)7-9-19(14)11-20-15-6-4-3-5-13(15)17(21)18(20)22/h3-6,8,10,14H,2,7,9,11H2,1H3/t14-/m0/s1. The van der Waals surface area contributed by atoms with Gasteiger partial charge < -0.3 is 0 Å². The molecule has 0 saturated heterocycles. The molecule has 0 spiro atoms. The highest BCUT2D eigenvalue weighted by Gasteiger charge is 2.38. The number of thiophene rings is 1. The van der Waals surface area contributed by atoms with E-state index in [0.717, 1.165) is 25.1 Å². The van der Waals surface area contributed by atoms with Crippen molar-refractivity contribution in [2.45, 2.75) is 25.8 Å². The number of amides is 1. The van der Waals surface area contributed by atoms with Crippen LogP contribution in [-0.4, -0.2) is 29.8 Å². The first-order chi connectivity index (χ1) is 11.2. The number of nitrogens with zero attached hydrogens (tertiary/aromatic N) is 2. The smallest absolute Gasteiger partial charge is 0.291 e. The Balaban J connectivity index is 1.64. The van der Waals surface area contributed by atoms with Crippen LogP contribution in [0.25, 0.3) is 0 Å². The average molecular weight is 326 g/mol. The minimum atomic E-state index is -0.405. The fourth-order valence-electron chi connectivity index (χ4n) is 3.67. The van der Waals surface area contributed by atoms with E-state index in [-0.39, 0.29) is 5.78 Å². The molecule has 3 heterocycles. The molecule has 1 aromatic heterocycles. The molecule has 118 valence electrons. The summed E-state index contributed by atoms with van der Waals surface area (Å²) in [5.74, 6) is -0.793. The summed E-state index contributed by atoms with van der Waals surface area (Å²) in [6.45, 7) is 3.58. The van der Waals surface area contributed by atoms with E-state index in [9.17, 15) is 9.59 Å². The molecule has 0 bridgehead atoms. The van der Waals surface area contributed by atoms with Crippen LogP contribution < -0.4 is 4.90 Å². The SMILES string of the molecule is CC[C@H]1c2ccsc2CCN1CN1C(=O)C(=O)c2ccccc21. The maximum atomic E-state index is 12.4. The molecule has 4 rings (SSSR count). The maximum absolute atomic E-state index is 12.4. The normalized spacial score (nSPS) is 20.7. The van der Waals surface area contributed by atoms with Crippen molar-refractivity contribution >= 4 is 28.7 Å². The van der Waals surface area contributed by atoms with Crippen LogP contribution in [0.1, 0.15) is 40.2 Å². The summed E-state index contributed by atoms with van der Waals surface area (Å²) in [5, 5.41) is 2.15. The van der Waals surface area contributed by atoms with Crippen LogP contribution in [0.5, 0.6) is 0 Å². The molecule has 5 heteroatoms. The van der Waals surface area contributed by atoms with Crippen molar-refractivity contribution in [1.29, 1.82) is 0 Å². The zero-order valence-electron chi connectivity index (χ0n) is 13.0. The fraction of sp³-hybridized carbons (Fsp3) is 0.333. The predicted molar refractivity (Wildman–Crippen MR) is 90.9 cm³/mol. The lowest BCUT2D eigenvalue weighted by Gasteiger charge is -2.37.